The molecule has 0 aromatic heterocycles. The molecular weight excluding hydrogens is 318 g/mol. The molecule has 0 atom stereocenters. The summed E-state index contributed by atoms with van der Waals surface area (Å²) in [4.78, 5) is 35.7. The van der Waals surface area contributed by atoms with E-state index in [-0.39, 0.29) is 18.1 Å². The Bertz CT molecular complexity index is 740. The van der Waals surface area contributed by atoms with Gasteiger partial charge in [0.25, 0.3) is 0 Å². The maximum Gasteiger partial charge on any atom is 0.338 e. The summed E-state index contributed by atoms with van der Waals surface area (Å²) < 4.78 is 4.93. The zero-order valence-corrected chi connectivity index (χ0v) is 14.2. The van der Waals surface area contributed by atoms with Gasteiger partial charge in [-0.1, -0.05) is 36.4 Å². The van der Waals surface area contributed by atoms with Crippen molar-refractivity contribution in [1.29, 1.82) is 0 Å². The van der Waals surface area contributed by atoms with Crippen LogP contribution in [0.1, 0.15) is 46.9 Å². The van der Waals surface area contributed by atoms with E-state index in [2.05, 4.69) is 5.32 Å². The van der Waals surface area contributed by atoms with E-state index in [1.807, 2.05) is 18.2 Å². The molecule has 0 radical (unpaired) electrons. The maximum absolute atomic E-state index is 12.0. The van der Waals surface area contributed by atoms with Crippen LogP contribution in [0.5, 0.6) is 0 Å². The Morgan fingerprint density at radius 1 is 0.920 bits per heavy atom. The van der Waals surface area contributed by atoms with Crippen LogP contribution in [-0.4, -0.2) is 24.3 Å². The number of amides is 1. The topological polar surface area (TPSA) is 72.5 Å². The number of Topliss-reactive ketones (excluding diaryl/α,β-unsaturated/α-hetero) is 1. The van der Waals surface area contributed by atoms with Crippen LogP contribution in [0.25, 0.3) is 0 Å². The highest BCUT2D eigenvalue weighted by molar-refractivity contribution is 5.97. The summed E-state index contributed by atoms with van der Waals surface area (Å²) in [6.45, 7) is 2.03. The standard InChI is InChI=1S/C20H21NO4/c1-2-25-20(24)16-10-6-11-17(14-16)21-19(23)13-7-12-18(22)15-8-4-3-5-9-15/h3-6,8-11,14H,2,7,12-13H2,1H3,(H,21,23). The number of carbonyl (C=O) groups excluding carboxylic acids is 3. The van der Waals surface area contributed by atoms with Gasteiger partial charge in [0.1, 0.15) is 0 Å². The average Bonchev–Trinajstić information content (AvgIpc) is 2.62. The van der Waals surface area contributed by atoms with E-state index in [0.717, 1.165) is 0 Å². The van der Waals surface area contributed by atoms with Crippen LogP contribution in [0.4, 0.5) is 5.69 Å². The monoisotopic (exact) mass is 339 g/mol. The Balaban J connectivity index is 1.81. The molecule has 2 aromatic carbocycles. The van der Waals surface area contributed by atoms with Crippen molar-refractivity contribution in [1.82, 2.24) is 0 Å². The number of rotatable bonds is 8. The predicted octanol–water partition coefficient (Wildman–Crippen LogP) is 3.86. The van der Waals surface area contributed by atoms with Crippen LogP contribution < -0.4 is 5.32 Å². The van der Waals surface area contributed by atoms with Gasteiger partial charge in [-0.3, -0.25) is 9.59 Å². The van der Waals surface area contributed by atoms with Gasteiger partial charge in [0.2, 0.25) is 5.91 Å². The van der Waals surface area contributed by atoms with Gasteiger partial charge in [-0.25, -0.2) is 4.79 Å². The Morgan fingerprint density at radius 2 is 1.64 bits per heavy atom. The molecule has 5 heteroatoms. The second-order valence-electron chi connectivity index (χ2n) is 5.49. The zero-order chi connectivity index (χ0) is 18.1. The van der Waals surface area contributed by atoms with Gasteiger partial charge >= 0.3 is 5.97 Å². The van der Waals surface area contributed by atoms with Crippen LogP contribution in [-0.2, 0) is 9.53 Å². The lowest BCUT2D eigenvalue weighted by atomic mass is 10.1. The van der Waals surface area contributed by atoms with Crippen molar-refractivity contribution in [3.63, 3.8) is 0 Å². The summed E-state index contributed by atoms with van der Waals surface area (Å²) in [5.74, 6) is -0.591. The summed E-state index contributed by atoms with van der Waals surface area (Å²) in [5.41, 5.74) is 1.58. The largest absolute Gasteiger partial charge is 0.462 e. The molecule has 0 heterocycles. The Kier molecular flexibility index (Phi) is 6.89. The van der Waals surface area contributed by atoms with Gasteiger partial charge in [0.05, 0.1) is 12.2 Å². The average molecular weight is 339 g/mol. The molecule has 0 fully saturated rings. The van der Waals surface area contributed by atoms with Crippen LogP contribution >= 0.6 is 0 Å². The fourth-order valence-corrected chi connectivity index (χ4v) is 2.34. The molecule has 2 aromatic rings. The van der Waals surface area contributed by atoms with Crippen molar-refractivity contribution in [2.24, 2.45) is 0 Å². The summed E-state index contributed by atoms with van der Waals surface area (Å²) in [7, 11) is 0. The number of hydrogen-bond donors (Lipinski definition) is 1. The van der Waals surface area contributed by atoms with Crippen LogP contribution in [0.2, 0.25) is 0 Å². The first-order chi connectivity index (χ1) is 12.1. The van der Waals surface area contributed by atoms with Crippen molar-refractivity contribution in [3.8, 4) is 0 Å². The Morgan fingerprint density at radius 3 is 2.36 bits per heavy atom. The lowest BCUT2D eigenvalue weighted by Crippen LogP contribution is -2.13. The highest BCUT2D eigenvalue weighted by Gasteiger charge is 2.10. The van der Waals surface area contributed by atoms with Gasteiger partial charge < -0.3 is 10.1 Å². The number of ether oxygens (including phenoxy) is 1. The number of hydrogen-bond acceptors (Lipinski definition) is 4. The molecule has 1 amide bonds. The molecule has 5 nitrogen and oxygen atoms in total. The molecule has 0 aliphatic heterocycles. The number of benzene rings is 2. The minimum absolute atomic E-state index is 0.0257. The molecule has 1 N–H and O–H groups in total. The molecule has 0 aliphatic carbocycles. The third kappa shape index (κ3) is 5.88. The first-order valence-electron chi connectivity index (χ1n) is 8.25. The van der Waals surface area contributed by atoms with Crippen LogP contribution in [0.3, 0.4) is 0 Å². The number of nitrogens with one attached hydrogen (secondary N) is 1. The molecular formula is C20H21NO4. The third-order valence-electron chi connectivity index (χ3n) is 3.56. The van der Waals surface area contributed by atoms with Gasteiger partial charge in [-0.05, 0) is 31.5 Å². The van der Waals surface area contributed by atoms with Crippen molar-refractivity contribution in [3.05, 3.63) is 65.7 Å². The van der Waals surface area contributed by atoms with Gasteiger partial charge in [0, 0.05) is 24.1 Å². The van der Waals surface area contributed by atoms with E-state index >= 15 is 0 Å². The fourth-order valence-electron chi connectivity index (χ4n) is 2.34. The molecule has 130 valence electrons. The number of anilines is 1. The normalized spacial score (nSPS) is 10.1. The molecule has 0 aliphatic rings. The maximum atomic E-state index is 12.0. The third-order valence-corrected chi connectivity index (χ3v) is 3.56. The molecule has 0 saturated heterocycles. The molecule has 2 rings (SSSR count). The Labute approximate surface area is 147 Å². The first-order valence-corrected chi connectivity index (χ1v) is 8.25. The molecule has 0 bridgehead atoms. The summed E-state index contributed by atoms with van der Waals surface area (Å²) in [6.07, 6.45) is 1.03. The highest BCUT2D eigenvalue weighted by Crippen LogP contribution is 2.13. The van der Waals surface area contributed by atoms with Gasteiger partial charge in [0.15, 0.2) is 5.78 Å². The zero-order valence-electron chi connectivity index (χ0n) is 14.2. The predicted molar refractivity (Wildman–Crippen MR) is 95.7 cm³/mol. The SMILES string of the molecule is CCOC(=O)c1cccc(NC(=O)CCCC(=O)c2ccccc2)c1. The minimum Gasteiger partial charge on any atom is -0.462 e. The van der Waals surface area contributed by atoms with Crippen molar-refractivity contribution < 1.29 is 19.1 Å². The number of esters is 1. The minimum atomic E-state index is -0.424. The van der Waals surface area contributed by atoms with Crippen molar-refractivity contribution in [2.45, 2.75) is 26.2 Å². The van der Waals surface area contributed by atoms with Gasteiger partial charge in [-0.2, -0.15) is 0 Å². The molecule has 0 saturated carbocycles. The second-order valence-corrected chi connectivity index (χ2v) is 5.49. The molecule has 0 unspecified atom stereocenters. The van der Waals surface area contributed by atoms with Crippen molar-refractivity contribution >= 4 is 23.3 Å². The Hall–Kier alpha value is -2.95. The van der Waals surface area contributed by atoms with E-state index < -0.39 is 5.97 Å². The lowest BCUT2D eigenvalue weighted by Gasteiger charge is -2.07. The smallest absolute Gasteiger partial charge is 0.338 e. The van der Waals surface area contributed by atoms with Crippen LogP contribution in [0, 0.1) is 0 Å². The number of ketones is 1. The molecule has 0 spiro atoms. The fraction of sp³-hybridized carbons (Fsp3) is 0.250. The van der Waals surface area contributed by atoms with E-state index in [4.69, 9.17) is 4.74 Å². The van der Waals surface area contributed by atoms with E-state index in [1.165, 1.54) is 0 Å². The highest BCUT2D eigenvalue weighted by atomic mass is 16.5. The lowest BCUT2D eigenvalue weighted by molar-refractivity contribution is -0.116. The number of carbonyl (C=O) groups is 3. The van der Waals surface area contributed by atoms with E-state index in [1.54, 1.807) is 43.3 Å². The summed E-state index contributed by atoms with van der Waals surface area (Å²) >= 11 is 0. The molecule has 25 heavy (non-hydrogen) atoms. The quantitative estimate of drug-likeness (QED) is 0.585. The van der Waals surface area contributed by atoms with Gasteiger partial charge in [-0.15, -0.1) is 0 Å². The summed E-state index contributed by atoms with van der Waals surface area (Å²) in [6, 6.07) is 15.6. The summed E-state index contributed by atoms with van der Waals surface area (Å²) in [5, 5.41) is 2.73. The van der Waals surface area contributed by atoms with E-state index in [9.17, 15) is 14.4 Å². The van der Waals surface area contributed by atoms with Crippen molar-refractivity contribution in [2.75, 3.05) is 11.9 Å². The second kappa shape index (κ2) is 9.37. The van der Waals surface area contributed by atoms with Crippen LogP contribution in [0.15, 0.2) is 54.6 Å². The first kappa shape index (κ1) is 18.4. The van der Waals surface area contributed by atoms with E-state index in [0.29, 0.717) is 36.3 Å².